The summed E-state index contributed by atoms with van der Waals surface area (Å²) in [6.45, 7) is 6.26. The van der Waals surface area contributed by atoms with E-state index in [0.29, 0.717) is 0 Å². The van der Waals surface area contributed by atoms with Crippen molar-refractivity contribution in [2.24, 2.45) is 0 Å². The van der Waals surface area contributed by atoms with Gasteiger partial charge in [-0.25, -0.2) is 0 Å². The molecular weight excluding hydrogens is 210 g/mol. The van der Waals surface area contributed by atoms with Crippen LogP contribution < -0.4 is 5.32 Å². The van der Waals surface area contributed by atoms with Crippen LogP contribution >= 0.6 is 0 Å². The third-order valence-corrected chi connectivity index (χ3v) is 3.23. The van der Waals surface area contributed by atoms with E-state index in [-0.39, 0.29) is 6.10 Å². The molecule has 0 heterocycles. The fourth-order valence-corrected chi connectivity index (χ4v) is 2.01. The minimum atomic E-state index is -0.137. The highest BCUT2D eigenvalue weighted by atomic mass is 16.3. The second-order valence-corrected chi connectivity index (χ2v) is 5.12. The van der Waals surface area contributed by atoms with Gasteiger partial charge in [0.2, 0.25) is 0 Å². The van der Waals surface area contributed by atoms with Crippen molar-refractivity contribution in [2.75, 3.05) is 13.1 Å². The second kappa shape index (κ2) is 14.0. The lowest BCUT2D eigenvalue weighted by Gasteiger charge is -2.11. The van der Waals surface area contributed by atoms with Gasteiger partial charge in [-0.2, -0.15) is 0 Å². The number of rotatable bonds is 13. The van der Waals surface area contributed by atoms with E-state index in [1.165, 1.54) is 57.8 Å². The second-order valence-electron chi connectivity index (χ2n) is 5.12. The predicted molar refractivity (Wildman–Crippen MR) is 76.4 cm³/mol. The van der Waals surface area contributed by atoms with Crippen molar-refractivity contribution in [1.29, 1.82) is 0 Å². The van der Waals surface area contributed by atoms with Crippen LogP contribution in [0.15, 0.2) is 0 Å². The minimum absolute atomic E-state index is 0.137. The van der Waals surface area contributed by atoms with Crippen LogP contribution in [0.5, 0.6) is 0 Å². The molecule has 0 aromatic carbocycles. The van der Waals surface area contributed by atoms with Crippen molar-refractivity contribution in [3.05, 3.63) is 0 Å². The zero-order valence-corrected chi connectivity index (χ0v) is 12.0. The minimum Gasteiger partial charge on any atom is -0.392 e. The van der Waals surface area contributed by atoms with Gasteiger partial charge in [0, 0.05) is 6.54 Å². The van der Waals surface area contributed by atoms with Crippen molar-refractivity contribution in [3.63, 3.8) is 0 Å². The monoisotopic (exact) mass is 243 g/mol. The number of hydrogen-bond donors (Lipinski definition) is 2. The Morgan fingerprint density at radius 2 is 1.41 bits per heavy atom. The predicted octanol–water partition coefficient (Wildman–Crippen LogP) is 3.88. The summed E-state index contributed by atoms with van der Waals surface area (Å²) in [4.78, 5) is 0. The maximum Gasteiger partial charge on any atom is 0.0664 e. The smallest absolute Gasteiger partial charge is 0.0664 e. The van der Waals surface area contributed by atoms with Crippen molar-refractivity contribution >= 4 is 0 Å². The lowest BCUT2D eigenvalue weighted by molar-refractivity contribution is 0.158. The Kier molecular flexibility index (Phi) is 13.9. The summed E-state index contributed by atoms with van der Waals surface area (Å²) in [5.41, 5.74) is 0. The molecule has 104 valence electrons. The summed E-state index contributed by atoms with van der Waals surface area (Å²) in [6.07, 6.45) is 12.5. The molecule has 0 saturated heterocycles. The maximum absolute atomic E-state index is 9.73. The number of aliphatic hydroxyl groups excluding tert-OH is 1. The van der Waals surface area contributed by atoms with Crippen molar-refractivity contribution < 1.29 is 5.11 Å². The molecule has 0 aromatic heterocycles. The number of unbranched alkanes of at least 4 members (excludes halogenated alkanes) is 7. The van der Waals surface area contributed by atoms with Gasteiger partial charge in [-0.1, -0.05) is 65.2 Å². The lowest BCUT2D eigenvalue weighted by Crippen LogP contribution is -2.27. The zero-order chi connectivity index (χ0) is 12.8. The number of nitrogens with one attached hydrogen (secondary N) is 1. The molecule has 0 aliphatic heterocycles. The Bertz CT molecular complexity index is 139. The topological polar surface area (TPSA) is 32.3 Å². The summed E-state index contributed by atoms with van der Waals surface area (Å²) < 4.78 is 0. The molecule has 2 N–H and O–H groups in total. The lowest BCUT2D eigenvalue weighted by atomic mass is 10.1. The molecule has 1 unspecified atom stereocenters. The largest absolute Gasteiger partial charge is 0.392 e. The van der Waals surface area contributed by atoms with Crippen LogP contribution in [0.3, 0.4) is 0 Å². The van der Waals surface area contributed by atoms with Gasteiger partial charge in [-0.15, -0.1) is 0 Å². The standard InChI is InChI=1S/C15H33NO/c1-3-5-7-8-9-10-11-12-15(17)14-16-13-6-4-2/h15-17H,3-14H2,1-2H3. The first kappa shape index (κ1) is 16.9. The first-order chi connectivity index (χ1) is 8.31. The summed E-state index contributed by atoms with van der Waals surface area (Å²) in [5.74, 6) is 0. The molecule has 0 aliphatic carbocycles. The summed E-state index contributed by atoms with van der Waals surface area (Å²) in [5, 5.41) is 13.0. The van der Waals surface area contributed by atoms with Gasteiger partial charge in [-0.05, 0) is 19.4 Å². The molecule has 17 heavy (non-hydrogen) atoms. The van der Waals surface area contributed by atoms with E-state index in [9.17, 15) is 5.11 Å². The highest BCUT2D eigenvalue weighted by molar-refractivity contribution is 4.60. The molecule has 1 atom stereocenters. The number of aliphatic hydroxyl groups is 1. The molecule has 0 spiro atoms. The Hall–Kier alpha value is -0.0800. The Balaban J connectivity index is 3.08. The maximum atomic E-state index is 9.73. The van der Waals surface area contributed by atoms with E-state index in [4.69, 9.17) is 0 Å². The van der Waals surface area contributed by atoms with E-state index in [1.807, 2.05) is 0 Å². The van der Waals surface area contributed by atoms with E-state index in [1.54, 1.807) is 0 Å². The average Bonchev–Trinajstić information content (AvgIpc) is 2.33. The van der Waals surface area contributed by atoms with E-state index >= 15 is 0 Å². The normalized spacial score (nSPS) is 12.9. The molecule has 0 amide bonds. The van der Waals surface area contributed by atoms with Crippen LogP contribution in [-0.2, 0) is 0 Å². The van der Waals surface area contributed by atoms with Crippen molar-refractivity contribution in [1.82, 2.24) is 5.32 Å². The first-order valence-corrected chi connectivity index (χ1v) is 7.70. The Morgan fingerprint density at radius 3 is 2.06 bits per heavy atom. The van der Waals surface area contributed by atoms with Crippen LogP contribution in [-0.4, -0.2) is 24.3 Å². The first-order valence-electron chi connectivity index (χ1n) is 7.70. The van der Waals surface area contributed by atoms with Gasteiger partial charge < -0.3 is 10.4 Å². The highest BCUT2D eigenvalue weighted by Gasteiger charge is 2.02. The summed E-state index contributed by atoms with van der Waals surface area (Å²) in [6, 6.07) is 0. The Morgan fingerprint density at radius 1 is 0.824 bits per heavy atom. The van der Waals surface area contributed by atoms with Gasteiger partial charge >= 0.3 is 0 Å². The van der Waals surface area contributed by atoms with Gasteiger partial charge in [0.25, 0.3) is 0 Å². The molecule has 0 fully saturated rings. The van der Waals surface area contributed by atoms with E-state index < -0.39 is 0 Å². The third kappa shape index (κ3) is 13.9. The van der Waals surface area contributed by atoms with E-state index in [2.05, 4.69) is 19.2 Å². The number of hydrogen-bond acceptors (Lipinski definition) is 2. The van der Waals surface area contributed by atoms with Crippen LogP contribution in [0.2, 0.25) is 0 Å². The van der Waals surface area contributed by atoms with E-state index in [0.717, 1.165) is 19.5 Å². The van der Waals surface area contributed by atoms with Gasteiger partial charge in [0.15, 0.2) is 0 Å². The summed E-state index contributed by atoms with van der Waals surface area (Å²) in [7, 11) is 0. The highest BCUT2D eigenvalue weighted by Crippen LogP contribution is 2.09. The molecule has 0 aliphatic rings. The van der Waals surface area contributed by atoms with Gasteiger partial charge in [0.05, 0.1) is 6.10 Å². The quantitative estimate of drug-likeness (QED) is 0.481. The van der Waals surface area contributed by atoms with Crippen LogP contribution in [0, 0.1) is 0 Å². The fourth-order valence-electron chi connectivity index (χ4n) is 2.01. The molecule has 0 saturated carbocycles. The molecular formula is C15H33NO. The van der Waals surface area contributed by atoms with Crippen LogP contribution in [0.4, 0.5) is 0 Å². The molecule has 0 bridgehead atoms. The van der Waals surface area contributed by atoms with Gasteiger partial charge in [0.1, 0.15) is 0 Å². The SMILES string of the molecule is CCCCCCCCCC(O)CNCCCC. The molecule has 0 rings (SSSR count). The van der Waals surface area contributed by atoms with Crippen molar-refractivity contribution in [3.8, 4) is 0 Å². The molecule has 0 radical (unpaired) electrons. The fraction of sp³-hybridized carbons (Fsp3) is 1.00. The van der Waals surface area contributed by atoms with Crippen LogP contribution in [0.25, 0.3) is 0 Å². The van der Waals surface area contributed by atoms with Crippen LogP contribution in [0.1, 0.15) is 78.1 Å². The molecule has 2 nitrogen and oxygen atoms in total. The average molecular weight is 243 g/mol. The zero-order valence-electron chi connectivity index (χ0n) is 12.0. The van der Waals surface area contributed by atoms with Crippen molar-refractivity contribution in [2.45, 2.75) is 84.2 Å². The van der Waals surface area contributed by atoms with Gasteiger partial charge in [-0.3, -0.25) is 0 Å². The summed E-state index contributed by atoms with van der Waals surface area (Å²) >= 11 is 0. The molecule has 0 aromatic rings. The molecule has 2 heteroatoms. The Labute approximate surface area is 108 Å². The third-order valence-electron chi connectivity index (χ3n) is 3.23.